The lowest BCUT2D eigenvalue weighted by Crippen LogP contribution is -2.36. The van der Waals surface area contributed by atoms with E-state index in [0.29, 0.717) is 29.8 Å². The summed E-state index contributed by atoms with van der Waals surface area (Å²) in [4.78, 5) is 18.4. The summed E-state index contributed by atoms with van der Waals surface area (Å²) in [6.45, 7) is 2.57. The molecular formula is C22H26ClN3O3. The van der Waals surface area contributed by atoms with E-state index in [1.165, 1.54) is 5.56 Å². The molecule has 0 saturated carbocycles. The molecule has 7 heteroatoms. The van der Waals surface area contributed by atoms with Crippen molar-refractivity contribution < 1.29 is 14.3 Å². The Morgan fingerprint density at radius 2 is 2.00 bits per heavy atom. The summed E-state index contributed by atoms with van der Waals surface area (Å²) in [6.07, 6.45) is 8.14. The number of amides is 1. The zero-order chi connectivity index (χ0) is 20.1. The molecule has 1 saturated heterocycles. The first-order valence-electron chi connectivity index (χ1n) is 10.2. The highest BCUT2D eigenvalue weighted by molar-refractivity contribution is 6.31. The van der Waals surface area contributed by atoms with Crippen LogP contribution in [0.1, 0.15) is 36.8 Å². The molecule has 2 aliphatic rings. The van der Waals surface area contributed by atoms with Gasteiger partial charge in [0.1, 0.15) is 0 Å². The number of nitrogens with zero attached hydrogens (tertiary/aromatic N) is 2. The predicted octanol–water partition coefficient (Wildman–Crippen LogP) is 3.57. The molecule has 2 aliphatic heterocycles. The molecule has 1 fully saturated rings. The Hall–Kier alpha value is -2.31. The largest absolute Gasteiger partial charge is 0.454 e. The number of aromatic nitrogens is 1. The first-order chi connectivity index (χ1) is 14.2. The van der Waals surface area contributed by atoms with Gasteiger partial charge in [-0.25, -0.2) is 0 Å². The zero-order valence-corrected chi connectivity index (χ0v) is 17.2. The first kappa shape index (κ1) is 20.0. The second kappa shape index (κ2) is 9.46. The maximum Gasteiger partial charge on any atom is 0.231 e. The van der Waals surface area contributed by atoms with Gasteiger partial charge in [0.15, 0.2) is 11.5 Å². The Morgan fingerprint density at radius 3 is 2.83 bits per heavy atom. The van der Waals surface area contributed by atoms with Gasteiger partial charge in [0.05, 0.1) is 0 Å². The number of carbonyl (C=O) groups excluding carboxylic acids is 1. The molecule has 4 rings (SSSR count). The molecule has 3 heterocycles. The molecule has 0 aliphatic carbocycles. The second-order valence-electron chi connectivity index (χ2n) is 7.50. The van der Waals surface area contributed by atoms with Gasteiger partial charge in [-0.1, -0.05) is 11.6 Å². The van der Waals surface area contributed by atoms with Crippen molar-refractivity contribution in [2.75, 3.05) is 19.9 Å². The lowest BCUT2D eigenvalue weighted by molar-refractivity contribution is -0.129. The maximum absolute atomic E-state index is 12.3. The van der Waals surface area contributed by atoms with E-state index >= 15 is 0 Å². The molecular weight excluding hydrogens is 390 g/mol. The molecule has 1 aromatic heterocycles. The van der Waals surface area contributed by atoms with Crippen molar-refractivity contribution in [3.8, 4) is 11.5 Å². The van der Waals surface area contributed by atoms with Crippen molar-refractivity contribution in [3.05, 3.63) is 52.8 Å². The van der Waals surface area contributed by atoms with Gasteiger partial charge in [0.25, 0.3) is 0 Å². The number of nitrogens with one attached hydrogen (secondary N) is 1. The number of halogens is 1. The standard InChI is InChI=1S/C22H26ClN3O3/c23-19-13-21-20(28-15-29-21)12-17(19)14-25-10-7-18-3-4-22(27)26(18)11-1-2-16-5-8-24-9-6-16/h5-6,8-9,12-13,18,25H,1-4,7,10-11,14-15H2/t18-/m0/s1. The van der Waals surface area contributed by atoms with Gasteiger partial charge in [0.2, 0.25) is 12.7 Å². The van der Waals surface area contributed by atoms with E-state index in [4.69, 9.17) is 21.1 Å². The van der Waals surface area contributed by atoms with Crippen LogP contribution in [0, 0.1) is 0 Å². The smallest absolute Gasteiger partial charge is 0.231 e. The van der Waals surface area contributed by atoms with E-state index in [0.717, 1.165) is 50.1 Å². The van der Waals surface area contributed by atoms with E-state index < -0.39 is 0 Å². The highest BCUT2D eigenvalue weighted by Gasteiger charge is 2.29. The number of carbonyl (C=O) groups is 1. The van der Waals surface area contributed by atoms with Crippen LogP contribution in [0.5, 0.6) is 11.5 Å². The number of aryl methyl sites for hydroxylation is 1. The molecule has 0 unspecified atom stereocenters. The van der Waals surface area contributed by atoms with Crippen LogP contribution >= 0.6 is 11.6 Å². The summed E-state index contributed by atoms with van der Waals surface area (Å²) >= 11 is 6.33. The van der Waals surface area contributed by atoms with Crippen LogP contribution < -0.4 is 14.8 Å². The van der Waals surface area contributed by atoms with Crippen LogP contribution in [0.4, 0.5) is 0 Å². The first-order valence-corrected chi connectivity index (χ1v) is 10.6. The summed E-state index contributed by atoms with van der Waals surface area (Å²) in [5.74, 6) is 1.72. The van der Waals surface area contributed by atoms with E-state index in [2.05, 4.69) is 15.2 Å². The number of hydrogen-bond donors (Lipinski definition) is 1. The highest BCUT2D eigenvalue weighted by atomic mass is 35.5. The van der Waals surface area contributed by atoms with Gasteiger partial charge < -0.3 is 19.7 Å². The summed E-state index contributed by atoms with van der Waals surface area (Å²) in [5.41, 5.74) is 2.26. The van der Waals surface area contributed by atoms with Crippen LogP contribution in [-0.4, -0.2) is 41.7 Å². The number of likely N-dealkylation sites (tertiary alicyclic amines) is 1. The third kappa shape index (κ3) is 5.00. The molecule has 154 valence electrons. The molecule has 6 nitrogen and oxygen atoms in total. The maximum atomic E-state index is 12.3. The Labute approximate surface area is 176 Å². The summed E-state index contributed by atoms with van der Waals surface area (Å²) in [5, 5.41) is 4.13. The Kier molecular flexibility index (Phi) is 6.52. The molecule has 1 amide bonds. The monoisotopic (exact) mass is 415 g/mol. The zero-order valence-electron chi connectivity index (χ0n) is 16.4. The number of pyridine rings is 1. The van der Waals surface area contributed by atoms with E-state index in [1.54, 1.807) is 6.07 Å². The second-order valence-corrected chi connectivity index (χ2v) is 7.91. The quantitative estimate of drug-likeness (QED) is 0.634. The van der Waals surface area contributed by atoms with Gasteiger partial charge in [-0.05, 0) is 61.6 Å². The number of ether oxygens (including phenoxy) is 2. The average molecular weight is 416 g/mol. The van der Waals surface area contributed by atoms with E-state index in [9.17, 15) is 4.79 Å². The van der Waals surface area contributed by atoms with Crippen molar-refractivity contribution in [2.45, 2.75) is 44.7 Å². The average Bonchev–Trinajstić information content (AvgIpc) is 3.32. The predicted molar refractivity (Wildman–Crippen MR) is 111 cm³/mol. The molecule has 1 aromatic carbocycles. The third-order valence-corrected chi connectivity index (χ3v) is 5.93. The van der Waals surface area contributed by atoms with Crippen LogP contribution in [0.25, 0.3) is 0 Å². The fraction of sp³-hybridized carbons (Fsp3) is 0.455. The fourth-order valence-corrected chi connectivity index (χ4v) is 4.21. The van der Waals surface area contributed by atoms with Crippen LogP contribution in [0.2, 0.25) is 5.02 Å². The van der Waals surface area contributed by atoms with Crippen molar-refractivity contribution in [1.29, 1.82) is 0 Å². The van der Waals surface area contributed by atoms with Crippen molar-refractivity contribution >= 4 is 17.5 Å². The lowest BCUT2D eigenvalue weighted by Gasteiger charge is -2.25. The molecule has 2 aromatic rings. The molecule has 1 N–H and O–H groups in total. The third-order valence-electron chi connectivity index (χ3n) is 5.58. The molecule has 29 heavy (non-hydrogen) atoms. The van der Waals surface area contributed by atoms with Gasteiger partial charge in [-0.3, -0.25) is 9.78 Å². The Morgan fingerprint density at radius 1 is 1.21 bits per heavy atom. The lowest BCUT2D eigenvalue weighted by atomic mass is 10.1. The fourth-order valence-electron chi connectivity index (χ4n) is 3.99. The molecule has 0 spiro atoms. The minimum Gasteiger partial charge on any atom is -0.454 e. The van der Waals surface area contributed by atoms with Crippen molar-refractivity contribution in [3.63, 3.8) is 0 Å². The van der Waals surface area contributed by atoms with Gasteiger partial charge >= 0.3 is 0 Å². The van der Waals surface area contributed by atoms with E-state index in [-0.39, 0.29) is 12.7 Å². The van der Waals surface area contributed by atoms with Crippen LogP contribution in [0.3, 0.4) is 0 Å². The number of rotatable bonds is 9. The SMILES string of the molecule is O=C1CC[C@@H](CCNCc2cc3c(cc2Cl)OCO3)N1CCCc1ccncc1. The van der Waals surface area contributed by atoms with E-state index in [1.807, 2.05) is 30.6 Å². The normalized spacial score (nSPS) is 17.9. The minimum atomic E-state index is 0.245. The summed E-state index contributed by atoms with van der Waals surface area (Å²) in [7, 11) is 0. The number of benzene rings is 1. The van der Waals surface area contributed by atoms with Gasteiger partial charge in [-0.15, -0.1) is 0 Å². The van der Waals surface area contributed by atoms with Crippen LogP contribution in [0.15, 0.2) is 36.7 Å². The topological polar surface area (TPSA) is 63.7 Å². The summed E-state index contributed by atoms with van der Waals surface area (Å²) in [6, 6.07) is 8.13. The highest BCUT2D eigenvalue weighted by Crippen LogP contribution is 2.36. The molecule has 0 bridgehead atoms. The Bertz CT molecular complexity index is 847. The molecule has 0 radical (unpaired) electrons. The Balaban J connectivity index is 1.22. The number of hydrogen-bond acceptors (Lipinski definition) is 5. The number of fused-ring (bicyclic) bond motifs is 1. The van der Waals surface area contributed by atoms with Gasteiger partial charge in [-0.2, -0.15) is 0 Å². The van der Waals surface area contributed by atoms with Crippen LogP contribution in [-0.2, 0) is 17.8 Å². The molecule has 1 atom stereocenters. The minimum absolute atomic E-state index is 0.245. The van der Waals surface area contributed by atoms with Gasteiger partial charge in [0, 0.05) is 49.0 Å². The van der Waals surface area contributed by atoms with Crippen molar-refractivity contribution in [2.24, 2.45) is 0 Å². The summed E-state index contributed by atoms with van der Waals surface area (Å²) < 4.78 is 10.8. The van der Waals surface area contributed by atoms with Crippen molar-refractivity contribution in [1.82, 2.24) is 15.2 Å².